The Bertz CT molecular complexity index is 535. The lowest BCUT2D eigenvalue weighted by molar-refractivity contribution is -0.384. The normalized spacial score (nSPS) is 16.5. The van der Waals surface area contributed by atoms with E-state index in [9.17, 15) is 20.0 Å². The molecule has 0 bridgehead atoms. The molecule has 0 unspecified atom stereocenters. The maximum atomic E-state index is 11.2. The van der Waals surface area contributed by atoms with Gasteiger partial charge in [-0.3, -0.25) is 10.1 Å². The second-order valence-corrected chi connectivity index (χ2v) is 5.22. The molecule has 19 heavy (non-hydrogen) atoms. The standard InChI is InChI=1S/C11H10Cl2N2O4/c12-7-4-6(15(18)19)5-8(13)9(7)14-11(10(16)17)2-1-3-11/h4-5,14H,1-3H2,(H,16,17). The number of nitro benzene ring substituents is 1. The Labute approximate surface area is 118 Å². The maximum absolute atomic E-state index is 11.2. The summed E-state index contributed by atoms with van der Waals surface area (Å²) in [6.07, 6.45) is 1.72. The first-order valence-corrected chi connectivity index (χ1v) is 6.26. The van der Waals surface area contributed by atoms with Crippen LogP contribution in [0.3, 0.4) is 0 Å². The lowest BCUT2D eigenvalue weighted by Crippen LogP contribution is -2.52. The van der Waals surface area contributed by atoms with Crippen molar-refractivity contribution in [1.82, 2.24) is 0 Å². The molecule has 0 amide bonds. The van der Waals surface area contributed by atoms with Gasteiger partial charge in [0.15, 0.2) is 0 Å². The van der Waals surface area contributed by atoms with Crippen LogP contribution < -0.4 is 5.32 Å². The zero-order chi connectivity index (χ0) is 14.2. The van der Waals surface area contributed by atoms with Crippen molar-refractivity contribution in [2.75, 3.05) is 5.32 Å². The number of carboxylic acid groups (broad SMARTS) is 1. The highest BCUT2D eigenvalue weighted by molar-refractivity contribution is 6.39. The summed E-state index contributed by atoms with van der Waals surface area (Å²) in [5, 5.41) is 22.7. The average Bonchev–Trinajstić information content (AvgIpc) is 2.25. The van der Waals surface area contributed by atoms with Gasteiger partial charge in [0, 0.05) is 12.1 Å². The fraction of sp³-hybridized carbons (Fsp3) is 0.364. The topological polar surface area (TPSA) is 92.5 Å². The number of aliphatic carboxylic acids is 1. The zero-order valence-electron chi connectivity index (χ0n) is 9.65. The maximum Gasteiger partial charge on any atom is 0.329 e. The van der Waals surface area contributed by atoms with E-state index in [0.29, 0.717) is 12.8 Å². The monoisotopic (exact) mass is 304 g/mol. The number of non-ortho nitro benzene ring substituents is 1. The van der Waals surface area contributed by atoms with Crippen molar-refractivity contribution >= 4 is 40.5 Å². The largest absolute Gasteiger partial charge is 0.480 e. The van der Waals surface area contributed by atoms with E-state index in [1.54, 1.807) is 0 Å². The first-order valence-electron chi connectivity index (χ1n) is 5.51. The predicted molar refractivity (Wildman–Crippen MR) is 71.0 cm³/mol. The van der Waals surface area contributed by atoms with E-state index < -0.39 is 16.4 Å². The third-order valence-electron chi connectivity index (χ3n) is 3.22. The van der Waals surface area contributed by atoms with E-state index in [-0.39, 0.29) is 21.4 Å². The van der Waals surface area contributed by atoms with Crippen LogP contribution in [0.15, 0.2) is 12.1 Å². The molecule has 8 heteroatoms. The third-order valence-corrected chi connectivity index (χ3v) is 3.81. The second kappa shape index (κ2) is 4.86. The van der Waals surface area contributed by atoms with Crippen molar-refractivity contribution in [3.05, 3.63) is 32.3 Å². The average molecular weight is 305 g/mol. The number of hydrogen-bond acceptors (Lipinski definition) is 4. The summed E-state index contributed by atoms with van der Waals surface area (Å²) in [5.41, 5.74) is -1.10. The van der Waals surface area contributed by atoms with Crippen LogP contribution in [-0.2, 0) is 4.79 Å². The molecular formula is C11H10Cl2N2O4. The number of carboxylic acids is 1. The van der Waals surface area contributed by atoms with Gasteiger partial charge in [-0.25, -0.2) is 4.79 Å². The summed E-state index contributed by atoms with van der Waals surface area (Å²) in [4.78, 5) is 21.3. The highest BCUT2D eigenvalue weighted by Gasteiger charge is 2.45. The van der Waals surface area contributed by atoms with Gasteiger partial charge in [0.1, 0.15) is 5.54 Å². The molecule has 1 aliphatic rings. The number of nitrogens with zero attached hydrogens (tertiary/aromatic N) is 1. The third kappa shape index (κ3) is 2.46. The van der Waals surface area contributed by atoms with Crippen LogP contribution in [0, 0.1) is 10.1 Å². The summed E-state index contributed by atoms with van der Waals surface area (Å²) >= 11 is 11.9. The van der Waals surface area contributed by atoms with Crippen LogP contribution in [-0.4, -0.2) is 21.5 Å². The number of carbonyl (C=O) groups is 1. The minimum atomic E-state index is -1.08. The van der Waals surface area contributed by atoms with Gasteiger partial charge in [0.25, 0.3) is 5.69 Å². The van der Waals surface area contributed by atoms with Crippen LogP contribution >= 0.6 is 23.2 Å². The van der Waals surface area contributed by atoms with Crippen molar-refractivity contribution in [3.8, 4) is 0 Å². The fourth-order valence-electron chi connectivity index (χ4n) is 1.95. The highest BCUT2D eigenvalue weighted by atomic mass is 35.5. The fourth-order valence-corrected chi connectivity index (χ4v) is 2.52. The highest BCUT2D eigenvalue weighted by Crippen LogP contribution is 2.41. The van der Waals surface area contributed by atoms with Crippen molar-refractivity contribution in [3.63, 3.8) is 0 Å². The van der Waals surface area contributed by atoms with Crippen LogP contribution in [0.1, 0.15) is 19.3 Å². The van der Waals surface area contributed by atoms with E-state index in [1.807, 2.05) is 0 Å². The van der Waals surface area contributed by atoms with Gasteiger partial charge in [-0.15, -0.1) is 0 Å². The van der Waals surface area contributed by atoms with Gasteiger partial charge in [-0.1, -0.05) is 23.2 Å². The molecule has 1 aliphatic carbocycles. The molecule has 6 nitrogen and oxygen atoms in total. The summed E-state index contributed by atoms with van der Waals surface area (Å²) in [6, 6.07) is 2.29. The molecule has 0 saturated heterocycles. The van der Waals surface area contributed by atoms with Gasteiger partial charge >= 0.3 is 5.97 Å². The van der Waals surface area contributed by atoms with Crippen LogP contribution in [0.2, 0.25) is 10.0 Å². The first-order chi connectivity index (χ1) is 8.85. The molecule has 0 aromatic heterocycles. The molecule has 2 rings (SSSR count). The molecule has 2 N–H and O–H groups in total. The van der Waals surface area contributed by atoms with Crippen molar-refractivity contribution in [1.29, 1.82) is 0 Å². The number of nitro groups is 1. The molecule has 1 saturated carbocycles. The van der Waals surface area contributed by atoms with E-state index in [2.05, 4.69) is 5.32 Å². The van der Waals surface area contributed by atoms with Gasteiger partial charge < -0.3 is 10.4 Å². The van der Waals surface area contributed by atoms with Crippen LogP contribution in [0.25, 0.3) is 0 Å². The van der Waals surface area contributed by atoms with Gasteiger partial charge in [0.2, 0.25) is 0 Å². The SMILES string of the molecule is O=C(O)C1(Nc2c(Cl)cc([N+](=O)[O-])cc2Cl)CCC1. The van der Waals surface area contributed by atoms with Crippen LogP contribution in [0.5, 0.6) is 0 Å². The zero-order valence-corrected chi connectivity index (χ0v) is 11.2. The number of benzene rings is 1. The lowest BCUT2D eigenvalue weighted by atomic mass is 9.76. The Morgan fingerprint density at radius 3 is 2.21 bits per heavy atom. The Morgan fingerprint density at radius 1 is 1.37 bits per heavy atom. The molecule has 0 heterocycles. The van der Waals surface area contributed by atoms with E-state index in [1.165, 1.54) is 0 Å². The quantitative estimate of drug-likeness (QED) is 0.657. The molecule has 0 aliphatic heterocycles. The van der Waals surface area contributed by atoms with Gasteiger partial charge in [-0.05, 0) is 19.3 Å². The summed E-state index contributed by atoms with van der Waals surface area (Å²) in [5.74, 6) is -0.982. The smallest absolute Gasteiger partial charge is 0.329 e. The molecular weight excluding hydrogens is 295 g/mol. The van der Waals surface area contributed by atoms with E-state index >= 15 is 0 Å². The molecule has 102 valence electrons. The molecule has 0 radical (unpaired) electrons. The van der Waals surface area contributed by atoms with Crippen molar-refractivity contribution < 1.29 is 14.8 Å². The number of anilines is 1. The predicted octanol–water partition coefficient (Wildman–Crippen LogP) is 3.32. The number of nitrogens with one attached hydrogen (secondary N) is 1. The number of rotatable bonds is 4. The van der Waals surface area contributed by atoms with Crippen LogP contribution in [0.4, 0.5) is 11.4 Å². The molecule has 0 spiro atoms. The number of hydrogen-bond donors (Lipinski definition) is 2. The summed E-state index contributed by atoms with van der Waals surface area (Å²) < 4.78 is 0. The van der Waals surface area contributed by atoms with E-state index in [4.69, 9.17) is 23.2 Å². The Balaban J connectivity index is 2.36. The Hall–Kier alpha value is -1.53. The minimum absolute atomic E-state index is 0.0340. The first kappa shape index (κ1) is 13.9. The van der Waals surface area contributed by atoms with Gasteiger partial charge in [-0.2, -0.15) is 0 Å². The minimum Gasteiger partial charge on any atom is -0.480 e. The Kier molecular flexibility index (Phi) is 3.56. The molecule has 1 fully saturated rings. The van der Waals surface area contributed by atoms with Gasteiger partial charge in [0.05, 0.1) is 20.7 Å². The molecule has 1 aromatic rings. The van der Waals surface area contributed by atoms with Crippen molar-refractivity contribution in [2.45, 2.75) is 24.8 Å². The number of halogens is 2. The van der Waals surface area contributed by atoms with E-state index in [0.717, 1.165) is 18.6 Å². The molecule has 1 aromatic carbocycles. The molecule has 0 atom stereocenters. The lowest BCUT2D eigenvalue weighted by Gasteiger charge is -2.39. The Morgan fingerprint density at radius 2 is 1.89 bits per heavy atom. The summed E-state index contributed by atoms with van der Waals surface area (Å²) in [6.45, 7) is 0. The second-order valence-electron chi connectivity index (χ2n) is 4.41. The summed E-state index contributed by atoms with van der Waals surface area (Å²) in [7, 11) is 0. The van der Waals surface area contributed by atoms with Crippen molar-refractivity contribution in [2.24, 2.45) is 0 Å².